The second-order valence-corrected chi connectivity index (χ2v) is 7.60. The van der Waals surface area contributed by atoms with Crippen LogP contribution in [0.5, 0.6) is 11.5 Å². The topological polar surface area (TPSA) is 73.9 Å². The summed E-state index contributed by atoms with van der Waals surface area (Å²) < 4.78 is 15.9. The lowest BCUT2D eigenvalue weighted by molar-refractivity contribution is -0.111. The van der Waals surface area contributed by atoms with Gasteiger partial charge in [0.1, 0.15) is 5.00 Å². The molecule has 0 saturated carbocycles. The number of hydrogen-bond acceptors (Lipinski definition) is 6. The average molecular weight is 387 g/mol. The molecule has 1 aromatic carbocycles. The SMILES string of the molecule is Cc1sc(NC(=O)C=Cc2ccc3c(c2)OCO3)c(C(=O)OC(C)C)c1C. The minimum Gasteiger partial charge on any atom is -0.459 e. The zero-order valence-corrected chi connectivity index (χ0v) is 16.4. The summed E-state index contributed by atoms with van der Waals surface area (Å²) >= 11 is 1.36. The van der Waals surface area contributed by atoms with Gasteiger partial charge >= 0.3 is 5.97 Å². The van der Waals surface area contributed by atoms with E-state index in [-0.39, 0.29) is 18.8 Å². The maximum atomic E-state index is 12.4. The zero-order valence-electron chi connectivity index (χ0n) is 15.6. The highest BCUT2D eigenvalue weighted by molar-refractivity contribution is 7.16. The number of amides is 1. The largest absolute Gasteiger partial charge is 0.459 e. The van der Waals surface area contributed by atoms with E-state index in [1.165, 1.54) is 17.4 Å². The van der Waals surface area contributed by atoms with Crippen LogP contribution in [0.2, 0.25) is 0 Å². The molecule has 7 heteroatoms. The maximum Gasteiger partial charge on any atom is 0.341 e. The van der Waals surface area contributed by atoms with E-state index in [4.69, 9.17) is 14.2 Å². The highest BCUT2D eigenvalue weighted by Gasteiger charge is 2.22. The molecule has 142 valence electrons. The third kappa shape index (κ3) is 4.31. The highest BCUT2D eigenvalue weighted by atomic mass is 32.1. The lowest BCUT2D eigenvalue weighted by Crippen LogP contribution is -2.15. The van der Waals surface area contributed by atoms with Gasteiger partial charge in [-0.2, -0.15) is 0 Å². The fourth-order valence-corrected chi connectivity index (χ4v) is 3.63. The van der Waals surface area contributed by atoms with Gasteiger partial charge < -0.3 is 19.5 Å². The van der Waals surface area contributed by atoms with Crippen LogP contribution in [0.3, 0.4) is 0 Å². The third-order valence-electron chi connectivity index (χ3n) is 3.99. The first-order valence-corrected chi connectivity index (χ1v) is 9.36. The second-order valence-electron chi connectivity index (χ2n) is 6.38. The standard InChI is InChI=1S/C20H21NO5S/c1-11(2)26-20(23)18-12(3)13(4)27-19(18)21-17(22)8-6-14-5-7-15-16(9-14)25-10-24-15/h5-9,11H,10H2,1-4H3,(H,21,22). The molecule has 0 aliphatic carbocycles. The third-order valence-corrected chi connectivity index (χ3v) is 5.12. The van der Waals surface area contributed by atoms with Crippen LogP contribution in [0.15, 0.2) is 24.3 Å². The van der Waals surface area contributed by atoms with Crippen LogP contribution < -0.4 is 14.8 Å². The number of hydrogen-bond donors (Lipinski definition) is 1. The van der Waals surface area contributed by atoms with Crippen molar-refractivity contribution in [3.63, 3.8) is 0 Å². The summed E-state index contributed by atoms with van der Waals surface area (Å²) in [4.78, 5) is 25.7. The van der Waals surface area contributed by atoms with E-state index >= 15 is 0 Å². The summed E-state index contributed by atoms with van der Waals surface area (Å²) in [6, 6.07) is 5.44. The number of carbonyl (C=O) groups excluding carboxylic acids is 2. The lowest BCUT2D eigenvalue weighted by Gasteiger charge is -2.09. The Kier molecular flexibility index (Phi) is 5.51. The van der Waals surface area contributed by atoms with Crippen molar-refractivity contribution in [3.05, 3.63) is 45.8 Å². The Balaban J connectivity index is 1.74. The molecule has 3 rings (SSSR count). The average Bonchev–Trinajstić information content (AvgIpc) is 3.16. The van der Waals surface area contributed by atoms with Crippen molar-refractivity contribution in [1.82, 2.24) is 0 Å². The van der Waals surface area contributed by atoms with Gasteiger partial charge in [-0.05, 0) is 57.0 Å². The van der Waals surface area contributed by atoms with Gasteiger partial charge in [-0.15, -0.1) is 11.3 Å². The molecule has 1 aromatic heterocycles. The number of carbonyl (C=O) groups is 2. The number of esters is 1. The number of aryl methyl sites for hydroxylation is 1. The summed E-state index contributed by atoms with van der Waals surface area (Å²) in [5.74, 6) is 0.588. The molecule has 1 aliphatic heterocycles. The van der Waals surface area contributed by atoms with E-state index in [1.54, 1.807) is 32.1 Å². The quantitative estimate of drug-likeness (QED) is 0.611. The Bertz CT molecular complexity index is 913. The summed E-state index contributed by atoms with van der Waals surface area (Å²) in [6.07, 6.45) is 2.86. The van der Waals surface area contributed by atoms with Gasteiger partial charge in [0.05, 0.1) is 11.7 Å². The fourth-order valence-electron chi connectivity index (χ4n) is 2.58. The molecule has 0 unspecified atom stereocenters. The number of benzene rings is 1. The zero-order chi connectivity index (χ0) is 19.6. The summed E-state index contributed by atoms with van der Waals surface area (Å²) in [6.45, 7) is 7.54. The molecule has 1 amide bonds. The maximum absolute atomic E-state index is 12.4. The van der Waals surface area contributed by atoms with Crippen LogP contribution in [0.1, 0.15) is 40.2 Å². The van der Waals surface area contributed by atoms with Gasteiger partial charge in [-0.25, -0.2) is 4.79 Å². The van der Waals surface area contributed by atoms with Crippen LogP contribution in [0.4, 0.5) is 5.00 Å². The summed E-state index contributed by atoms with van der Waals surface area (Å²) in [7, 11) is 0. The normalized spacial score (nSPS) is 12.6. The molecule has 2 aromatic rings. The van der Waals surface area contributed by atoms with Crippen molar-refractivity contribution in [2.24, 2.45) is 0 Å². The van der Waals surface area contributed by atoms with Crippen LogP contribution >= 0.6 is 11.3 Å². The number of anilines is 1. The van der Waals surface area contributed by atoms with Crippen molar-refractivity contribution < 1.29 is 23.8 Å². The molecule has 1 N–H and O–H groups in total. The van der Waals surface area contributed by atoms with E-state index in [2.05, 4.69) is 5.32 Å². The Morgan fingerprint density at radius 2 is 1.96 bits per heavy atom. The van der Waals surface area contributed by atoms with Crippen LogP contribution in [-0.2, 0) is 9.53 Å². The van der Waals surface area contributed by atoms with Crippen LogP contribution in [-0.4, -0.2) is 24.8 Å². The Morgan fingerprint density at radius 1 is 1.22 bits per heavy atom. The first kappa shape index (κ1) is 19.0. The first-order valence-electron chi connectivity index (χ1n) is 8.55. The van der Waals surface area contributed by atoms with E-state index < -0.39 is 5.97 Å². The predicted molar refractivity (Wildman–Crippen MR) is 105 cm³/mol. The van der Waals surface area contributed by atoms with Gasteiger partial charge in [0, 0.05) is 11.0 Å². The number of fused-ring (bicyclic) bond motifs is 1. The molecule has 6 nitrogen and oxygen atoms in total. The molecule has 2 heterocycles. The van der Waals surface area contributed by atoms with Gasteiger partial charge in [0.25, 0.3) is 0 Å². The molecule has 0 bridgehead atoms. The first-order chi connectivity index (χ1) is 12.8. The van der Waals surface area contributed by atoms with Crippen molar-refractivity contribution in [3.8, 4) is 11.5 Å². The molecular formula is C20H21NO5S. The highest BCUT2D eigenvalue weighted by Crippen LogP contribution is 2.34. The molecule has 1 aliphatic rings. The number of thiophene rings is 1. The minimum atomic E-state index is -0.429. The molecule has 0 saturated heterocycles. The molecule has 0 atom stereocenters. The van der Waals surface area contributed by atoms with Crippen molar-refractivity contribution in [2.45, 2.75) is 33.8 Å². The van der Waals surface area contributed by atoms with Gasteiger partial charge in [0.15, 0.2) is 11.5 Å². The molecule has 0 radical (unpaired) electrons. The summed E-state index contributed by atoms with van der Waals surface area (Å²) in [5, 5.41) is 3.28. The fraction of sp³-hybridized carbons (Fsp3) is 0.300. The minimum absolute atomic E-state index is 0.204. The molecule has 0 spiro atoms. The lowest BCUT2D eigenvalue weighted by atomic mass is 10.1. The second kappa shape index (κ2) is 7.84. The van der Waals surface area contributed by atoms with E-state index in [0.29, 0.717) is 22.1 Å². The molecule has 0 fully saturated rings. The Hall–Kier alpha value is -2.80. The number of rotatable bonds is 5. The monoisotopic (exact) mass is 387 g/mol. The van der Waals surface area contributed by atoms with Crippen LogP contribution in [0, 0.1) is 13.8 Å². The van der Waals surface area contributed by atoms with Crippen molar-refractivity contribution in [2.75, 3.05) is 12.1 Å². The van der Waals surface area contributed by atoms with E-state index in [9.17, 15) is 9.59 Å². The smallest absolute Gasteiger partial charge is 0.341 e. The van der Waals surface area contributed by atoms with Gasteiger partial charge in [-0.3, -0.25) is 4.79 Å². The number of ether oxygens (including phenoxy) is 3. The molecular weight excluding hydrogens is 366 g/mol. The van der Waals surface area contributed by atoms with Crippen molar-refractivity contribution in [1.29, 1.82) is 0 Å². The number of nitrogens with one attached hydrogen (secondary N) is 1. The molecule has 27 heavy (non-hydrogen) atoms. The predicted octanol–water partition coefficient (Wildman–Crippen LogP) is 4.31. The van der Waals surface area contributed by atoms with E-state index in [0.717, 1.165) is 16.0 Å². The Labute approximate surface area is 161 Å². The van der Waals surface area contributed by atoms with Gasteiger partial charge in [0.2, 0.25) is 12.7 Å². The Morgan fingerprint density at radius 3 is 2.70 bits per heavy atom. The van der Waals surface area contributed by atoms with Crippen LogP contribution in [0.25, 0.3) is 6.08 Å². The van der Waals surface area contributed by atoms with Gasteiger partial charge in [-0.1, -0.05) is 6.07 Å². The van der Waals surface area contributed by atoms with Crippen molar-refractivity contribution >= 4 is 34.3 Å². The van der Waals surface area contributed by atoms with E-state index in [1.807, 2.05) is 19.9 Å². The summed E-state index contributed by atoms with van der Waals surface area (Å²) in [5.41, 5.74) is 2.05.